The number of carbonyl (C=O) groups is 2. The number of hydrogen-bond donors (Lipinski definition) is 2. The lowest BCUT2D eigenvalue weighted by atomic mass is 10.4. The Bertz CT molecular complexity index is 279. The largest absolute Gasteiger partial charge is 0.480 e. The topological polar surface area (TPSA) is 72.9 Å². The van der Waals surface area contributed by atoms with Crippen molar-refractivity contribution in [3.63, 3.8) is 0 Å². The first-order valence-corrected chi connectivity index (χ1v) is 5.94. The van der Waals surface area contributed by atoms with Crippen LogP contribution in [0, 0.1) is 0 Å². The minimum atomic E-state index is -0.950. The van der Waals surface area contributed by atoms with Crippen LogP contribution in [0.3, 0.4) is 0 Å². The van der Waals surface area contributed by atoms with Crippen molar-refractivity contribution in [1.82, 2.24) is 15.1 Å². The third kappa shape index (κ3) is 4.60. The Morgan fingerprint density at radius 3 is 2.53 bits per heavy atom. The van der Waals surface area contributed by atoms with E-state index < -0.39 is 5.97 Å². The van der Waals surface area contributed by atoms with Crippen molar-refractivity contribution in [1.29, 1.82) is 0 Å². The SMILES string of the molecule is CNCCCN(C)C(=O)N(CC(=O)O)C1CC1. The van der Waals surface area contributed by atoms with Gasteiger partial charge >= 0.3 is 12.0 Å². The number of hydrogen-bond acceptors (Lipinski definition) is 3. The number of urea groups is 1. The van der Waals surface area contributed by atoms with Crippen molar-refractivity contribution in [2.24, 2.45) is 0 Å². The summed E-state index contributed by atoms with van der Waals surface area (Å²) in [6, 6.07) is -0.0450. The van der Waals surface area contributed by atoms with Crippen LogP contribution in [0.25, 0.3) is 0 Å². The molecular weight excluding hydrogens is 222 g/mol. The van der Waals surface area contributed by atoms with E-state index in [1.54, 1.807) is 11.9 Å². The van der Waals surface area contributed by atoms with Gasteiger partial charge in [0, 0.05) is 19.6 Å². The van der Waals surface area contributed by atoms with E-state index >= 15 is 0 Å². The van der Waals surface area contributed by atoms with E-state index in [0.717, 1.165) is 25.8 Å². The van der Waals surface area contributed by atoms with Crippen molar-refractivity contribution >= 4 is 12.0 Å². The highest BCUT2D eigenvalue weighted by Gasteiger charge is 2.35. The zero-order chi connectivity index (χ0) is 12.8. The second-order valence-electron chi connectivity index (χ2n) is 4.41. The normalized spacial score (nSPS) is 14.5. The van der Waals surface area contributed by atoms with Crippen LogP contribution in [-0.4, -0.2) is 66.7 Å². The number of carboxylic acids is 1. The molecule has 1 aliphatic rings. The van der Waals surface area contributed by atoms with Gasteiger partial charge in [0.05, 0.1) is 0 Å². The van der Waals surface area contributed by atoms with E-state index in [0.29, 0.717) is 6.54 Å². The summed E-state index contributed by atoms with van der Waals surface area (Å²) in [5.74, 6) is -0.950. The quantitative estimate of drug-likeness (QED) is 0.626. The van der Waals surface area contributed by atoms with E-state index in [9.17, 15) is 9.59 Å². The molecule has 0 aliphatic heterocycles. The van der Waals surface area contributed by atoms with Crippen molar-refractivity contribution in [3.8, 4) is 0 Å². The van der Waals surface area contributed by atoms with Gasteiger partial charge in [-0.2, -0.15) is 0 Å². The third-order valence-corrected chi connectivity index (χ3v) is 2.79. The predicted octanol–water partition coefficient (Wildman–Crippen LogP) is 0.197. The van der Waals surface area contributed by atoms with Gasteiger partial charge in [0.2, 0.25) is 0 Å². The lowest BCUT2D eigenvalue weighted by Crippen LogP contribution is -2.45. The zero-order valence-electron chi connectivity index (χ0n) is 10.5. The van der Waals surface area contributed by atoms with Gasteiger partial charge in [-0.25, -0.2) is 4.79 Å². The fourth-order valence-electron chi connectivity index (χ4n) is 1.69. The molecule has 1 fully saturated rings. The summed E-state index contributed by atoms with van der Waals surface area (Å²) < 4.78 is 0. The lowest BCUT2D eigenvalue weighted by Gasteiger charge is -2.27. The zero-order valence-corrected chi connectivity index (χ0v) is 10.5. The first kappa shape index (κ1) is 13.8. The third-order valence-electron chi connectivity index (χ3n) is 2.79. The molecule has 0 aromatic carbocycles. The molecule has 0 aromatic heterocycles. The van der Waals surface area contributed by atoms with Crippen LogP contribution in [0.1, 0.15) is 19.3 Å². The van der Waals surface area contributed by atoms with Crippen molar-refractivity contribution in [2.45, 2.75) is 25.3 Å². The van der Waals surface area contributed by atoms with Gasteiger partial charge in [-0.1, -0.05) is 0 Å². The highest BCUT2D eigenvalue weighted by molar-refractivity contribution is 5.80. The Labute approximate surface area is 102 Å². The van der Waals surface area contributed by atoms with E-state index in [2.05, 4.69) is 5.32 Å². The smallest absolute Gasteiger partial charge is 0.323 e. The number of carbonyl (C=O) groups excluding carboxylic acids is 1. The summed E-state index contributed by atoms with van der Waals surface area (Å²) in [7, 11) is 3.58. The molecule has 6 heteroatoms. The molecule has 0 aromatic rings. The summed E-state index contributed by atoms with van der Waals surface area (Å²) in [5.41, 5.74) is 0. The highest BCUT2D eigenvalue weighted by atomic mass is 16.4. The summed E-state index contributed by atoms with van der Waals surface area (Å²) in [6.07, 6.45) is 2.71. The maximum absolute atomic E-state index is 12.0. The summed E-state index contributed by atoms with van der Waals surface area (Å²) in [6.45, 7) is 1.29. The minimum absolute atomic E-state index is 0.130. The Hall–Kier alpha value is -1.30. The van der Waals surface area contributed by atoms with Crippen LogP contribution in [-0.2, 0) is 4.79 Å². The minimum Gasteiger partial charge on any atom is -0.480 e. The lowest BCUT2D eigenvalue weighted by molar-refractivity contribution is -0.137. The second kappa shape index (κ2) is 6.44. The van der Waals surface area contributed by atoms with Gasteiger partial charge < -0.3 is 20.2 Å². The highest BCUT2D eigenvalue weighted by Crippen LogP contribution is 2.27. The van der Waals surface area contributed by atoms with Crippen LogP contribution in [0.4, 0.5) is 4.79 Å². The molecule has 0 atom stereocenters. The maximum Gasteiger partial charge on any atom is 0.323 e. The number of nitrogens with zero attached hydrogens (tertiary/aromatic N) is 2. The van der Waals surface area contributed by atoms with Crippen LogP contribution < -0.4 is 5.32 Å². The maximum atomic E-state index is 12.0. The first-order valence-electron chi connectivity index (χ1n) is 5.94. The van der Waals surface area contributed by atoms with Crippen LogP contribution >= 0.6 is 0 Å². The van der Waals surface area contributed by atoms with E-state index in [-0.39, 0.29) is 18.6 Å². The fraction of sp³-hybridized carbons (Fsp3) is 0.818. The number of carboxylic acid groups (broad SMARTS) is 1. The van der Waals surface area contributed by atoms with E-state index in [1.807, 2.05) is 7.05 Å². The molecule has 6 nitrogen and oxygen atoms in total. The van der Waals surface area contributed by atoms with Gasteiger partial charge in [-0.3, -0.25) is 4.79 Å². The average molecular weight is 243 g/mol. The number of nitrogens with one attached hydrogen (secondary N) is 1. The first-order chi connectivity index (χ1) is 8.06. The van der Waals surface area contributed by atoms with Crippen molar-refractivity contribution < 1.29 is 14.7 Å². The van der Waals surface area contributed by atoms with Gasteiger partial charge in [0.25, 0.3) is 0 Å². The molecular formula is C11H21N3O3. The molecule has 17 heavy (non-hydrogen) atoms. The Kier molecular flexibility index (Phi) is 5.21. The average Bonchev–Trinajstić information content (AvgIpc) is 3.08. The molecule has 1 aliphatic carbocycles. The van der Waals surface area contributed by atoms with E-state index in [4.69, 9.17) is 5.11 Å². The predicted molar refractivity (Wildman–Crippen MR) is 63.9 cm³/mol. The number of rotatable bonds is 7. The van der Waals surface area contributed by atoms with E-state index in [1.165, 1.54) is 4.90 Å². The second-order valence-corrected chi connectivity index (χ2v) is 4.41. The Morgan fingerprint density at radius 2 is 2.06 bits per heavy atom. The monoisotopic (exact) mass is 243 g/mol. The standard InChI is InChI=1S/C11H21N3O3/c1-12-6-3-7-13(2)11(17)14(8-10(15)16)9-4-5-9/h9,12H,3-8H2,1-2H3,(H,15,16). The van der Waals surface area contributed by atoms with Gasteiger partial charge in [-0.05, 0) is 32.9 Å². The fourth-order valence-corrected chi connectivity index (χ4v) is 1.69. The van der Waals surface area contributed by atoms with Crippen LogP contribution in [0.5, 0.6) is 0 Å². The molecule has 0 radical (unpaired) electrons. The molecule has 0 unspecified atom stereocenters. The summed E-state index contributed by atoms with van der Waals surface area (Å²) in [5, 5.41) is 11.8. The molecule has 0 bridgehead atoms. The van der Waals surface area contributed by atoms with Gasteiger partial charge in [0.1, 0.15) is 6.54 Å². The molecule has 0 heterocycles. The van der Waals surface area contributed by atoms with Gasteiger partial charge in [0.15, 0.2) is 0 Å². The number of amides is 2. The molecule has 98 valence electrons. The van der Waals surface area contributed by atoms with Gasteiger partial charge in [-0.15, -0.1) is 0 Å². The van der Waals surface area contributed by atoms with Crippen LogP contribution in [0.2, 0.25) is 0 Å². The molecule has 1 saturated carbocycles. The molecule has 2 N–H and O–H groups in total. The molecule has 1 rings (SSSR count). The molecule has 0 saturated heterocycles. The summed E-state index contributed by atoms with van der Waals surface area (Å²) >= 11 is 0. The van der Waals surface area contributed by atoms with Crippen LogP contribution in [0.15, 0.2) is 0 Å². The molecule has 0 spiro atoms. The molecule has 2 amide bonds. The number of aliphatic carboxylic acids is 1. The Morgan fingerprint density at radius 1 is 1.41 bits per heavy atom. The Balaban J connectivity index is 2.43. The van der Waals surface area contributed by atoms with Crippen molar-refractivity contribution in [3.05, 3.63) is 0 Å². The summed E-state index contributed by atoms with van der Waals surface area (Å²) in [4.78, 5) is 25.8. The van der Waals surface area contributed by atoms with Crippen molar-refractivity contribution in [2.75, 3.05) is 33.7 Å².